The van der Waals surface area contributed by atoms with E-state index in [0.29, 0.717) is 12.1 Å². The summed E-state index contributed by atoms with van der Waals surface area (Å²) < 4.78 is 11.4. The van der Waals surface area contributed by atoms with Crippen LogP contribution in [0, 0.1) is 0 Å². The zero-order chi connectivity index (χ0) is 12.1. The Morgan fingerprint density at radius 2 is 2.25 bits per heavy atom. The van der Waals surface area contributed by atoms with E-state index < -0.39 is 10.8 Å². The number of nitrogens with one attached hydrogen (secondary N) is 1. The van der Waals surface area contributed by atoms with E-state index in [9.17, 15) is 4.21 Å². The molecular formula is C12H26N2OS. The maximum atomic E-state index is 11.4. The van der Waals surface area contributed by atoms with Gasteiger partial charge in [-0.1, -0.05) is 6.92 Å². The number of hydrogen-bond acceptors (Lipinski definition) is 3. The fourth-order valence-corrected chi connectivity index (χ4v) is 2.80. The van der Waals surface area contributed by atoms with Crippen molar-refractivity contribution in [1.29, 1.82) is 0 Å². The molecule has 1 saturated heterocycles. The molecule has 16 heavy (non-hydrogen) atoms. The Balaban J connectivity index is 2.38. The highest BCUT2D eigenvalue weighted by Crippen LogP contribution is 2.18. The molecule has 0 aromatic heterocycles. The Hall–Kier alpha value is 0.0700. The highest BCUT2D eigenvalue weighted by atomic mass is 32.2. The maximum Gasteiger partial charge on any atom is 0.0444 e. The van der Waals surface area contributed by atoms with Crippen molar-refractivity contribution in [3.05, 3.63) is 0 Å². The standard InChI is InChI=1S/C12H26N2OS/c1-5-13-12-6-7-14(10(2)8-12)9-11(3)16(4)15/h10-13H,5-9H2,1-4H3. The SMILES string of the molecule is CCNC1CCN(CC(C)S(C)=O)C(C)C1. The zero-order valence-electron chi connectivity index (χ0n) is 11.0. The van der Waals surface area contributed by atoms with Crippen LogP contribution in [0.5, 0.6) is 0 Å². The summed E-state index contributed by atoms with van der Waals surface area (Å²) in [4.78, 5) is 2.49. The van der Waals surface area contributed by atoms with Gasteiger partial charge in [0.2, 0.25) is 0 Å². The number of piperidine rings is 1. The van der Waals surface area contributed by atoms with Gasteiger partial charge in [-0.15, -0.1) is 0 Å². The molecule has 1 rings (SSSR count). The normalized spacial score (nSPS) is 31.2. The van der Waals surface area contributed by atoms with Gasteiger partial charge < -0.3 is 5.32 Å². The average molecular weight is 246 g/mol. The number of nitrogens with zero attached hydrogens (tertiary/aromatic N) is 1. The molecule has 1 aliphatic heterocycles. The summed E-state index contributed by atoms with van der Waals surface area (Å²) in [6.45, 7) is 9.71. The quantitative estimate of drug-likeness (QED) is 0.791. The van der Waals surface area contributed by atoms with Gasteiger partial charge in [-0.3, -0.25) is 9.11 Å². The minimum Gasteiger partial charge on any atom is -0.314 e. The third-order valence-electron chi connectivity index (χ3n) is 3.56. The first kappa shape index (κ1) is 14.1. The molecule has 1 aliphatic rings. The van der Waals surface area contributed by atoms with Crippen LogP contribution in [0.3, 0.4) is 0 Å². The first-order valence-corrected chi connectivity index (χ1v) is 7.96. The van der Waals surface area contributed by atoms with E-state index in [0.717, 1.165) is 19.6 Å². The van der Waals surface area contributed by atoms with Gasteiger partial charge in [0.15, 0.2) is 0 Å². The first-order chi connectivity index (χ1) is 7.54. The monoisotopic (exact) mass is 246 g/mol. The van der Waals surface area contributed by atoms with Gasteiger partial charge in [0.05, 0.1) is 0 Å². The fraction of sp³-hybridized carbons (Fsp3) is 1.00. The van der Waals surface area contributed by atoms with Crippen LogP contribution >= 0.6 is 0 Å². The van der Waals surface area contributed by atoms with Gasteiger partial charge in [0.1, 0.15) is 0 Å². The van der Waals surface area contributed by atoms with Gasteiger partial charge in [-0.2, -0.15) is 0 Å². The molecule has 3 nitrogen and oxygen atoms in total. The zero-order valence-corrected chi connectivity index (χ0v) is 11.8. The number of hydrogen-bond donors (Lipinski definition) is 1. The maximum absolute atomic E-state index is 11.4. The molecule has 1 heterocycles. The second-order valence-electron chi connectivity index (χ2n) is 4.93. The van der Waals surface area contributed by atoms with Crippen LogP contribution in [0.2, 0.25) is 0 Å². The fourth-order valence-electron chi connectivity index (χ4n) is 2.40. The minimum absolute atomic E-state index is 0.290. The molecule has 0 aromatic rings. The Bertz CT molecular complexity index is 235. The second-order valence-corrected chi connectivity index (χ2v) is 6.73. The summed E-state index contributed by atoms with van der Waals surface area (Å²) in [7, 11) is -0.696. The predicted molar refractivity (Wildman–Crippen MR) is 71.3 cm³/mol. The van der Waals surface area contributed by atoms with Gasteiger partial charge in [-0.25, -0.2) is 0 Å². The smallest absolute Gasteiger partial charge is 0.0444 e. The van der Waals surface area contributed by atoms with Gasteiger partial charge >= 0.3 is 0 Å². The number of likely N-dealkylation sites (tertiary alicyclic amines) is 1. The van der Waals surface area contributed by atoms with Crippen molar-refractivity contribution in [1.82, 2.24) is 10.2 Å². The van der Waals surface area contributed by atoms with E-state index in [1.165, 1.54) is 12.8 Å². The predicted octanol–water partition coefficient (Wildman–Crippen LogP) is 1.22. The largest absolute Gasteiger partial charge is 0.314 e. The van der Waals surface area contributed by atoms with E-state index in [1.54, 1.807) is 6.26 Å². The van der Waals surface area contributed by atoms with E-state index in [-0.39, 0.29) is 5.25 Å². The van der Waals surface area contributed by atoms with E-state index >= 15 is 0 Å². The van der Waals surface area contributed by atoms with Gasteiger partial charge in [-0.05, 0) is 39.8 Å². The first-order valence-electron chi connectivity index (χ1n) is 6.34. The van der Waals surface area contributed by atoms with Crippen molar-refractivity contribution in [3.8, 4) is 0 Å². The van der Waals surface area contributed by atoms with E-state index in [2.05, 4.69) is 31.0 Å². The molecule has 0 bridgehead atoms. The molecule has 0 radical (unpaired) electrons. The molecule has 0 saturated carbocycles. The lowest BCUT2D eigenvalue weighted by Crippen LogP contribution is -2.49. The van der Waals surface area contributed by atoms with Crippen LogP contribution < -0.4 is 5.32 Å². The lowest BCUT2D eigenvalue weighted by molar-refractivity contribution is 0.138. The summed E-state index contributed by atoms with van der Waals surface area (Å²) in [6.07, 6.45) is 4.25. The molecule has 4 unspecified atom stereocenters. The Morgan fingerprint density at radius 1 is 1.56 bits per heavy atom. The molecule has 1 fully saturated rings. The van der Waals surface area contributed by atoms with Gasteiger partial charge in [0, 0.05) is 40.9 Å². The van der Waals surface area contributed by atoms with Crippen molar-refractivity contribution in [2.45, 2.75) is 50.9 Å². The Morgan fingerprint density at radius 3 is 2.75 bits per heavy atom. The van der Waals surface area contributed by atoms with Crippen molar-refractivity contribution in [2.24, 2.45) is 0 Å². The van der Waals surface area contributed by atoms with E-state index in [4.69, 9.17) is 0 Å². The van der Waals surface area contributed by atoms with Crippen LogP contribution in [-0.2, 0) is 10.8 Å². The van der Waals surface area contributed by atoms with Crippen LogP contribution in [0.15, 0.2) is 0 Å². The summed E-state index contributed by atoms with van der Waals surface area (Å²) in [6, 6.07) is 1.29. The Labute approximate surface area is 102 Å². The molecule has 4 atom stereocenters. The van der Waals surface area contributed by atoms with Gasteiger partial charge in [0.25, 0.3) is 0 Å². The van der Waals surface area contributed by atoms with Crippen molar-refractivity contribution >= 4 is 10.8 Å². The van der Waals surface area contributed by atoms with Crippen molar-refractivity contribution in [2.75, 3.05) is 25.9 Å². The van der Waals surface area contributed by atoms with Crippen molar-refractivity contribution in [3.63, 3.8) is 0 Å². The highest BCUT2D eigenvalue weighted by molar-refractivity contribution is 7.84. The van der Waals surface area contributed by atoms with Crippen molar-refractivity contribution < 1.29 is 4.21 Å². The molecule has 0 aliphatic carbocycles. The molecule has 96 valence electrons. The summed E-state index contributed by atoms with van der Waals surface area (Å²) in [5.41, 5.74) is 0. The average Bonchev–Trinajstić information content (AvgIpc) is 2.22. The summed E-state index contributed by atoms with van der Waals surface area (Å²) in [5, 5.41) is 3.81. The second kappa shape index (κ2) is 6.72. The molecule has 0 spiro atoms. The molecule has 0 amide bonds. The summed E-state index contributed by atoms with van der Waals surface area (Å²) in [5.74, 6) is 0. The molecular weight excluding hydrogens is 220 g/mol. The third kappa shape index (κ3) is 4.15. The van der Waals surface area contributed by atoms with Crippen LogP contribution in [-0.4, -0.2) is 52.3 Å². The topological polar surface area (TPSA) is 32.3 Å². The van der Waals surface area contributed by atoms with E-state index in [1.807, 2.05) is 0 Å². The molecule has 0 aromatic carbocycles. The molecule has 4 heteroatoms. The number of rotatable bonds is 5. The highest BCUT2D eigenvalue weighted by Gasteiger charge is 2.26. The third-order valence-corrected chi connectivity index (χ3v) is 4.85. The lowest BCUT2D eigenvalue weighted by Gasteiger charge is -2.39. The summed E-state index contributed by atoms with van der Waals surface area (Å²) >= 11 is 0. The van der Waals surface area contributed by atoms with Crippen LogP contribution in [0.1, 0.15) is 33.6 Å². The van der Waals surface area contributed by atoms with Crippen LogP contribution in [0.4, 0.5) is 0 Å². The van der Waals surface area contributed by atoms with Crippen LogP contribution in [0.25, 0.3) is 0 Å². The molecule has 1 N–H and O–H groups in total. The Kier molecular flexibility index (Phi) is 5.94. The minimum atomic E-state index is -0.696. The lowest BCUT2D eigenvalue weighted by atomic mass is 9.98.